The minimum Gasteiger partial charge on any atom is -0.266 e. The Balaban J connectivity index is 2.32. The van der Waals surface area contributed by atoms with Crippen molar-refractivity contribution in [2.45, 2.75) is 6.10 Å². The van der Waals surface area contributed by atoms with Crippen molar-refractivity contribution in [1.29, 1.82) is 0 Å². The van der Waals surface area contributed by atoms with Gasteiger partial charge in [-0.25, -0.2) is 0 Å². The van der Waals surface area contributed by atoms with Crippen molar-refractivity contribution in [1.82, 2.24) is 0 Å². The number of hydrogen-bond donors (Lipinski definition) is 0. The van der Waals surface area contributed by atoms with Crippen LogP contribution in [0.5, 0.6) is 0 Å². The Hall–Kier alpha value is 0.360. The zero-order valence-electron chi connectivity index (χ0n) is 4.00. The molecule has 5 heteroatoms. The Bertz CT molecular complexity index is 107. The molecule has 0 unspecified atom stereocenters. The SMILES string of the molecule is O=[S@]1OC[C@@H](CCl)O1. The maximum Gasteiger partial charge on any atom is 0.305 e. The van der Waals surface area contributed by atoms with Crippen LogP contribution in [-0.4, -0.2) is 22.8 Å². The van der Waals surface area contributed by atoms with Gasteiger partial charge in [0, 0.05) is 0 Å². The summed E-state index contributed by atoms with van der Waals surface area (Å²) in [6, 6.07) is 0. The lowest BCUT2D eigenvalue weighted by Gasteiger charge is -1.94. The molecule has 1 aliphatic rings. The predicted octanol–water partition coefficient (Wildman–Crippen LogP) is 0.219. The van der Waals surface area contributed by atoms with Crippen LogP contribution in [0.4, 0.5) is 0 Å². The fourth-order valence-corrected chi connectivity index (χ4v) is 1.26. The molecule has 0 bridgehead atoms. The zero-order chi connectivity index (χ0) is 5.98. The third-order valence-electron chi connectivity index (χ3n) is 0.737. The molecule has 3 nitrogen and oxygen atoms in total. The number of hydrogen-bond acceptors (Lipinski definition) is 3. The van der Waals surface area contributed by atoms with E-state index in [9.17, 15) is 4.21 Å². The lowest BCUT2D eigenvalue weighted by atomic mass is 10.5. The van der Waals surface area contributed by atoms with Crippen molar-refractivity contribution >= 4 is 23.0 Å². The van der Waals surface area contributed by atoms with Gasteiger partial charge in [0.25, 0.3) is 0 Å². The second-order valence-electron chi connectivity index (χ2n) is 1.36. The standard InChI is InChI=1S/C3H5ClO3S/c4-1-3-2-6-8(5)7-3/h3H,1-2H2/t3-,8+/m1/s1. The van der Waals surface area contributed by atoms with Gasteiger partial charge in [-0.05, 0) is 0 Å². The van der Waals surface area contributed by atoms with Gasteiger partial charge in [0.2, 0.25) is 0 Å². The summed E-state index contributed by atoms with van der Waals surface area (Å²) in [5, 5.41) is 0. The van der Waals surface area contributed by atoms with Crippen molar-refractivity contribution in [2.75, 3.05) is 12.5 Å². The highest BCUT2D eigenvalue weighted by molar-refractivity contribution is 7.75. The van der Waals surface area contributed by atoms with Crippen molar-refractivity contribution in [3.05, 3.63) is 0 Å². The molecule has 1 saturated heterocycles. The summed E-state index contributed by atoms with van der Waals surface area (Å²) in [4.78, 5) is 0. The fraction of sp³-hybridized carbons (Fsp3) is 1.00. The number of rotatable bonds is 1. The Morgan fingerprint density at radius 1 is 1.88 bits per heavy atom. The van der Waals surface area contributed by atoms with E-state index in [1.807, 2.05) is 0 Å². The summed E-state index contributed by atoms with van der Waals surface area (Å²) in [5.74, 6) is 0.339. The Labute approximate surface area is 54.8 Å². The highest BCUT2D eigenvalue weighted by Gasteiger charge is 2.21. The van der Waals surface area contributed by atoms with E-state index in [4.69, 9.17) is 11.6 Å². The van der Waals surface area contributed by atoms with Gasteiger partial charge in [0.1, 0.15) is 6.10 Å². The van der Waals surface area contributed by atoms with Crippen LogP contribution in [0, 0.1) is 0 Å². The van der Waals surface area contributed by atoms with Gasteiger partial charge in [-0.1, -0.05) is 0 Å². The quantitative estimate of drug-likeness (QED) is 0.510. The van der Waals surface area contributed by atoms with Crippen LogP contribution in [0.25, 0.3) is 0 Å². The summed E-state index contributed by atoms with van der Waals surface area (Å²) < 4.78 is 19.4. The maximum atomic E-state index is 10.2. The summed E-state index contributed by atoms with van der Waals surface area (Å²) in [6.45, 7) is 0.343. The second-order valence-corrected chi connectivity index (χ2v) is 2.51. The van der Waals surface area contributed by atoms with E-state index in [1.54, 1.807) is 0 Å². The molecule has 0 amide bonds. The normalized spacial score (nSPS) is 38.1. The van der Waals surface area contributed by atoms with E-state index in [-0.39, 0.29) is 6.10 Å². The van der Waals surface area contributed by atoms with Crippen LogP contribution in [0.2, 0.25) is 0 Å². The van der Waals surface area contributed by atoms with Crippen LogP contribution in [-0.2, 0) is 19.7 Å². The first kappa shape index (κ1) is 6.48. The Kier molecular flexibility index (Phi) is 2.25. The van der Waals surface area contributed by atoms with Crippen LogP contribution in [0.3, 0.4) is 0 Å². The minimum absolute atomic E-state index is 0.183. The van der Waals surface area contributed by atoms with E-state index in [0.29, 0.717) is 12.5 Å². The zero-order valence-corrected chi connectivity index (χ0v) is 5.57. The van der Waals surface area contributed by atoms with E-state index in [2.05, 4.69) is 8.37 Å². The van der Waals surface area contributed by atoms with Crippen LogP contribution >= 0.6 is 11.6 Å². The van der Waals surface area contributed by atoms with Crippen LogP contribution in [0.1, 0.15) is 0 Å². The Morgan fingerprint density at radius 3 is 2.88 bits per heavy atom. The average Bonchev–Trinajstić information content (AvgIpc) is 2.14. The monoisotopic (exact) mass is 156 g/mol. The summed E-state index contributed by atoms with van der Waals surface area (Å²) in [7, 11) is 0. The number of halogens is 1. The molecule has 0 aliphatic carbocycles. The topological polar surface area (TPSA) is 35.5 Å². The molecule has 48 valence electrons. The largest absolute Gasteiger partial charge is 0.305 e. The van der Waals surface area contributed by atoms with Gasteiger partial charge in [0.15, 0.2) is 0 Å². The van der Waals surface area contributed by atoms with Crippen molar-refractivity contribution in [3.63, 3.8) is 0 Å². The molecular weight excluding hydrogens is 152 g/mol. The molecular formula is C3H5ClO3S. The molecule has 1 fully saturated rings. The van der Waals surface area contributed by atoms with Crippen LogP contribution < -0.4 is 0 Å². The molecule has 1 heterocycles. The smallest absolute Gasteiger partial charge is 0.266 e. The molecule has 2 atom stereocenters. The van der Waals surface area contributed by atoms with Crippen molar-refractivity contribution in [3.8, 4) is 0 Å². The van der Waals surface area contributed by atoms with E-state index in [0.717, 1.165) is 0 Å². The third kappa shape index (κ3) is 1.42. The lowest BCUT2D eigenvalue weighted by molar-refractivity contribution is 0.265. The summed E-state index contributed by atoms with van der Waals surface area (Å²) in [5.41, 5.74) is 0. The fourth-order valence-electron chi connectivity index (χ4n) is 0.368. The Morgan fingerprint density at radius 2 is 2.62 bits per heavy atom. The minimum atomic E-state index is -1.54. The summed E-state index contributed by atoms with van der Waals surface area (Å²) >= 11 is 3.80. The van der Waals surface area contributed by atoms with Gasteiger partial charge in [-0.15, -0.1) is 11.6 Å². The van der Waals surface area contributed by atoms with E-state index >= 15 is 0 Å². The van der Waals surface area contributed by atoms with Crippen molar-refractivity contribution < 1.29 is 12.6 Å². The third-order valence-corrected chi connectivity index (χ3v) is 1.84. The van der Waals surface area contributed by atoms with Gasteiger partial charge in [-0.3, -0.25) is 8.37 Å². The molecule has 0 saturated carbocycles. The molecule has 0 spiro atoms. The average molecular weight is 157 g/mol. The molecule has 0 aromatic heterocycles. The molecule has 1 aliphatic heterocycles. The van der Waals surface area contributed by atoms with E-state index in [1.165, 1.54) is 0 Å². The van der Waals surface area contributed by atoms with Gasteiger partial charge >= 0.3 is 11.4 Å². The van der Waals surface area contributed by atoms with Gasteiger partial charge in [-0.2, -0.15) is 4.21 Å². The second kappa shape index (κ2) is 2.77. The molecule has 0 aromatic carbocycles. The maximum absolute atomic E-state index is 10.2. The highest BCUT2D eigenvalue weighted by Crippen LogP contribution is 2.08. The first-order valence-electron chi connectivity index (χ1n) is 2.11. The molecule has 8 heavy (non-hydrogen) atoms. The first-order valence-corrected chi connectivity index (χ1v) is 3.64. The lowest BCUT2D eigenvalue weighted by Crippen LogP contribution is -2.09. The highest BCUT2D eigenvalue weighted by atomic mass is 35.5. The first-order chi connectivity index (χ1) is 3.83. The van der Waals surface area contributed by atoms with Gasteiger partial charge in [0.05, 0.1) is 12.5 Å². The van der Waals surface area contributed by atoms with Gasteiger partial charge < -0.3 is 0 Å². The van der Waals surface area contributed by atoms with Crippen molar-refractivity contribution in [2.24, 2.45) is 0 Å². The molecule has 0 aromatic rings. The van der Waals surface area contributed by atoms with E-state index < -0.39 is 11.4 Å². The molecule has 0 radical (unpaired) electrons. The predicted molar refractivity (Wildman–Crippen MR) is 29.7 cm³/mol. The van der Waals surface area contributed by atoms with Crippen LogP contribution in [0.15, 0.2) is 0 Å². The molecule has 0 N–H and O–H groups in total. The summed E-state index contributed by atoms with van der Waals surface area (Å²) in [6.07, 6.45) is -0.183. The number of alkyl halides is 1. The molecule has 1 rings (SSSR count).